The number of alkyl halides is 2. The summed E-state index contributed by atoms with van der Waals surface area (Å²) < 4.78 is 28.2. The van der Waals surface area contributed by atoms with Crippen LogP contribution in [0.5, 0.6) is 0 Å². The van der Waals surface area contributed by atoms with Gasteiger partial charge in [-0.3, -0.25) is 18.7 Å². The molecule has 2 heterocycles. The van der Waals surface area contributed by atoms with Crippen LogP contribution >= 0.6 is 11.8 Å². The molecule has 2 aromatic heterocycles. The summed E-state index contributed by atoms with van der Waals surface area (Å²) in [5.74, 6) is -2.95. The van der Waals surface area contributed by atoms with E-state index < -0.39 is 22.9 Å². The van der Waals surface area contributed by atoms with E-state index in [1.54, 1.807) is 0 Å². The van der Waals surface area contributed by atoms with E-state index in [2.05, 4.69) is 10.3 Å². The molecule has 3 rings (SSSR count). The van der Waals surface area contributed by atoms with Crippen LogP contribution in [0.15, 0.2) is 45.1 Å². The lowest BCUT2D eigenvalue weighted by Crippen LogP contribution is -2.37. The summed E-state index contributed by atoms with van der Waals surface area (Å²) in [5, 5.41) is 2.62. The summed E-state index contributed by atoms with van der Waals surface area (Å²) in [6.07, 6.45) is 1.31. The van der Waals surface area contributed by atoms with Crippen LogP contribution in [0.2, 0.25) is 0 Å². The van der Waals surface area contributed by atoms with Gasteiger partial charge in [0.1, 0.15) is 6.54 Å². The Kier molecular flexibility index (Phi) is 5.13. The van der Waals surface area contributed by atoms with Crippen LogP contribution in [0.3, 0.4) is 0 Å². The maximum Gasteiger partial charge on any atom is 0.332 e. The number of amides is 1. The largest absolute Gasteiger partial charge is 0.332 e. The molecule has 142 valence electrons. The van der Waals surface area contributed by atoms with Crippen molar-refractivity contribution >= 4 is 34.5 Å². The second-order valence-corrected chi connectivity index (χ2v) is 6.76. The quantitative estimate of drug-likeness (QED) is 0.660. The lowest BCUT2D eigenvalue weighted by molar-refractivity contribution is -0.116. The van der Waals surface area contributed by atoms with Gasteiger partial charge in [-0.15, -0.1) is 0 Å². The Bertz CT molecular complexity index is 1120. The third kappa shape index (κ3) is 3.77. The number of carbonyl (C=O) groups excluding carboxylic acids is 1. The molecule has 11 heteroatoms. The number of nitrogens with zero attached hydrogens (tertiary/aromatic N) is 4. The van der Waals surface area contributed by atoms with Gasteiger partial charge in [-0.25, -0.2) is 9.78 Å². The zero-order valence-electron chi connectivity index (χ0n) is 14.3. The zero-order valence-corrected chi connectivity index (χ0v) is 15.2. The van der Waals surface area contributed by atoms with Crippen LogP contribution in [0.4, 0.5) is 14.5 Å². The smallest absolute Gasteiger partial charge is 0.325 e. The third-order valence-corrected chi connectivity index (χ3v) is 4.62. The monoisotopic (exact) mass is 395 g/mol. The van der Waals surface area contributed by atoms with Crippen molar-refractivity contribution in [2.45, 2.75) is 17.2 Å². The fraction of sp³-hybridized carbons (Fsp3) is 0.250. The van der Waals surface area contributed by atoms with Crippen LogP contribution in [-0.2, 0) is 25.4 Å². The topological polar surface area (TPSA) is 90.9 Å². The molecule has 0 spiro atoms. The molecular weight excluding hydrogens is 380 g/mol. The molecule has 0 radical (unpaired) electrons. The van der Waals surface area contributed by atoms with E-state index in [0.29, 0.717) is 22.3 Å². The summed E-state index contributed by atoms with van der Waals surface area (Å²) in [4.78, 5) is 41.0. The van der Waals surface area contributed by atoms with Gasteiger partial charge in [0.15, 0.2) is 11.2 Å². The molecule has 0 saturated heterocycles. The van der Waals surface area contributed by atoms with Gasteiger partial charge >= 0.3 is 5.69 Å². The maximum atomic E-state index is 12.3. The lowest BCUT2D eigenvalue weighted by Gasteiger charge is -2.08. The normalized spacial score (nSPS) is 11.3. The predicted molar refractivity (Wildman–Crippen MR) is 97.1 cm³/mol. The molecule has 0 aliphatic rings. The van der Waals surface area contributed by atoms with E-state index in [1.165, 1.54) is 53.8 Å². The van der Waals surface area contributed by atoms with E-state index in [1.807, 2.05) is 0 Å². The highest BCUT2D eigenvalue weighted by molar-refractivity contribution is 7.99. The van der Waals surface area contributed by atoms with Crippen molar-refractivity contribution in [1.29, 1.82) is 0 Å². The molecule has 0 bridgehead atoms. The molecule has 0 unspecified atom stereocenters. The molecule has 0 saturated carbocycles. The molecular formula is C16H15F2N5O3S. The minimum Gasteiger partial charge on any atom is -0.325 e. The van der Waals surface area contributed by atoms with Crippen molar-refractivity contribution in [2.24, 2.45) is 14.1 Å². The van der Waals surface area contributed by atoms with Crippen molar-refractivity contribution < 1.29 is 13.6 Å². The van der Waals surface area contributed by atoms with Crippen molar-refractivity contribution in [3.8, 4) is 0 Å². The van der Waals surface area contributed by atoms with E-state index in [-0.39, 0.29) is 17.7 Å². The minimum atomic E-state index is -2.52. The number of thioether (sulfide) groups is 1. The average molecular weight is 395 g/mol. The van der Waals surface area contributed by atoms with Crippen molar-refractivity contribution in [3.05, 3.63) is 51.4 Å². The molecule has 1 aromatic carbocycles. The van der Waals surface area contributed by atoms with Crippen LogP contribution in [0, 0.1) is 0 Å². The number of fused-ring (bicyclic) bond motifs is 1. The molecule has 3 aromatic rings. The van der Waals surface area contributed by atoms with Gasteiger partial charge in [0.25, 0.3) is 11.3 Å². The Morgan fingerprint density at radius 1 is 1.19 bits per heavy atom. The van der Waals surface area contributed by atoms with Gasteiger partial charge < -0.3 is 9.88 Å². The van der Waals surface area contributed by atoms with Gasteiger partial charge in [-0.1, -0.05) is 11.8 Å². The van der Waals surface area contributed by atoms with Crippen LogP contribution < -0.4 is 16.6 Å². The number of anilines is 1. The van der Waals surface area contributed by atoms with Crippen LogP contribution in [0.25, 0.3) is 11.2 Å². The third-order valence-electron chi connectivity index (χ3n) is 3.89. The predicted octanol–water partition coefficient (Wildman–Crippen LogP) is 1.39. The summed E-state index contributed by atoms with van der Waals surface area (Å²) in [6, 6.07) is 5.98. The van der Waals surface area contributed by atoms with Crippen molar-refractivity contribution in [1.82, 2.24) is 18.7 Å². The number of hydrogen-bond acceptors (Lipinski definition) is 5. The Hall–Kier alpha value is -2.95. The first-order valence-corrected chi connectivity index (χ1v) is 8.61. The lowest BCUT2D eigenvalue weighted by atomic mass is 10.3. The number of hydrogen-bond donors (Lipinski definition) is 1. The summed E-state index contributed by atoms with van der Waals surface area (Å²) >= 11 is 0.413. The number of aromatic nitrogens is 4. The average Bonchev–Trinajstić information content (AvgIpc) is 3.03. The Morgan fingerprint density at radius 3 is 2.48 bits per heavy atom. The first-order valence-electron chi connectivity index (χ1n) is 7.73. The van der Waals surface area contributed by atoms with E-state index in [4.69, 9.17) is 0 Å². The fourth-order valence-corrected chi connectivity index (χ4v) is 3.09. The number of aryl methyl sites for hydroxylation is 1. The van der Waals surface area contributed by atoms with Crippen molar-refractivity contribution in [3.63, 3.8) is 0 Å². The van der Waals surface area contributed by atoms with Crippen LogP contribution in [0.1, 0.15) is 0 Å². The van der Waals surface area contributed by atoms with Crippen molar-refractivity contribution in [2.75, 3.05) is 5.32 Å². The maximum absolute atomic E-state index is 12.3. The molecule has 0 fully saturated rings. The molecule has 1 N–H and O–H groups in total. The number of imidazole rings is 1. The number of halogens is 2. The van der Waals surface area contributed by atoms with Gasteiger partial charge in [0.2, 0.25) is 5.91 Å². The number of benzene rings is 1. The highest BCUT2D eigenvalue weighted by atomic mass is 32.2. The van der Waals surface area contributed by atoms with E-state index in [0.717, 1.165) is 4.57 Å². The highest BCUT2D eigenvalue weighted by Crippen LogP contribution is 2.26. The number of nitrogens with one attached hydrogen (secondary N) is 1. The van der Waals surface area contributed by atoms with Gasteiger partial charge in [0, 0.05) is 24.7 Å². The first-order chi connectivity index (χ1) is 12.8. The second kappa shape index (κ2) is 7.35. The zero-order chi connectivity index (χ0) is 19.7. The SMILES string of the molecule is Cn1c(=O)c2c(ncn2CC(=O)Nc2ccc(SC(F)F)cc2)n(C)c1=O. The van der Waals surface area contributed by atoms with E-state index >= 15 is 0 Å². The van der Waals surface area contributed by atoms with Gasteiger partial charge in [0.05, 0.1) is 6.33 Å². The Labute approximate surface area is 155 Å². The number of rotatable bonds is 5. The number of carbonyl (C=O) groups is 1. The molecule has 0 aliphatic carbocycles. The molecule has 1 amide bonds. The Balaban J connectivity index is 1.81. The fourth-order valence-electron chi connectivity index (χ4n) is 2.59. The molecule has 0 aliphatic heterocycles. The van der Waals surface area contributed by atoms with Crippen LogP contribution in [-0.4, -0.2) is 30.3 Å². The standard InChI is InChI=1S/C16H15F2N5O3S/c1-21-13-12(14(25)22(2)16(21)26)23(8-19-13)7-11(24)20-9-3-5-10(6-4-9)27-15(17)18/h3-6,8,15H,7H2,1-2H3,(H,20,24). The highest BCUT2D eigenvalue weighted by Gasteiger charge is 2.16. The van der Waals surface area contributed by atoms with Gasteiger partial charge in [-0.05, 0) is 24.3 Å². The second-order valence-electron chi connectivity index (χ2n) is 5.70. The Morgan fingerprint density at radius 2 is 1.85 bits per heavy atom. The molecule has 8 nitrogen and oxygen atoms in total. The summed E-state index contributed by atoms with van der Waals surface area (Å²) in [7, 11) is 2.83. The summed E-state index contributed by atoms with van der Waals surface area (Å²) in [6.45, 7) is -0.197. The van der Waals surface area contributed by atoms with E-state index in [9.17, 15) is 23.2 Å². The molecule has 27 heavy (non-hydrogen) atoms. The molecule has 0 atom stereocenters. The minimum absolute atomic E-state index is 0.137. The first kappa shape index (κ1) is 18.8. The summed E-state index contributed by atoms with van der Waals surface area (Å²) in [5.41, 5.74) is -0.304. The van der Waals surface area contributed by atoms with Gasteiger partial charge in [-0.2, -0.15) is 8.78 Å².